The molecule has 3 nitrogen and oxygen atoms in total. The van der Waals surface area contributed by atoms with Crippen molar-refractivity contribution in [1.29, 1.82) is 0 Å². The minimum Gasteiger partial charge on any atom is -0.508 e. The Kier molecular flexibility index (Phi) is 3.44. The number of thiocarbonyl (C=S) groups is 1. The molecule has 0 saturated heterocycles. The highest BCUT2D eigenvalue weighted by Gasteiger charge is 2.01. The molecule has 0 fully saturated rings. The van der Waals surface area contributed by atoms with Crippen molar-refractivity contribution in [3.63, 3.8) is 0 Å². The van der Waals surface area contributed by atoms with Gasteiger partial charge in [-0.15, -0.1) is 0 Å². The monoisotopic (exact) mass is 246 g/mol. The second-order valence-corrected chi connectivity index (χ2v) is 4.30. The van der Waals surface area contributed by atoms with Gasteiger partial charge in [0, 0.05) is 6.54 Å². The Bertz CT molecular complexity index is 554. The number of nitrogens with one attached hydrogen (secondary N) is 1. The number of phenolic OH excluding ortho intramolecular Hbond substituents is 1. The van der Waals surface area contributed by atoms with Gasteiger partial charge in [-0.2, -0.15) is 0 Å². The van der Waals surface area contributed by atoms with Crippen LogP contribution in [0.3, 0.4) is 0 Å². The molecule has 2 aromatic rings. The number of fused-ring (bicyclic) bond motifs is 1. The number of hydrogen-bond acceptors (Lipinski definition) is 2. The summed E-state index contributed by atoms with van der Waals surface area (Å²) in [4.78, 5) is 0. The molecule has 2 aromatic carbocycles. The summed E-state index contributed by atoms with van der Waals surface area (Å²) >= 11 is 4.75. The molecule has 0 bridgehead atoms. The van der Waals surface area contributed by atoms with Gasteiger partial charge in [0.05, 0.1) is 0 Å². The van der Waals surface area contributed by atoms with E-state index >= 15 is 0 Å². The standard InChI is InChI=1S/C13H14N2OS/c14-13(17)15-7-6-10-3-1-2-9-4-5-11(16)8-12(9)10/h1-5,8,16H,6-7H2,(H3,14,15,17). The summed E-state index contributed by atoms with van der Waals surface area (Å²) < 4.78 is 0. The maximum atomic E-state index is 9.51. The van der Waals surface area contributed by atoms with Crippen molar-refractivity contribution in [2.45, 2.75) is 6.42 Å². The number of benzene rings is 2. The van der Waals surface area contributed by atoms with Crippen LogP contribution in [-0.4, -0.2) is 16.8 Å². The average molecular weight is 246 g/mol. The molecule has 0 aliphatic carbocycles. The van der Waals surface area contributed by atoms with Crippen molar-refractivity contribution in [1.82, 2.24) is 5.32 Å². The predicted molar refractivity (Wildman–Crippen MR) is 74.1 cm³/mol. The molecule has 0 spiro atoms. The van der Waals surface area contributed by atoms with Gasteiger partial charge in [-0.05, 0) is 47.1 Å². The molecular formula is C13H14N2OS. The first-order valence-electron chi connectivity index (χ1n) is 5.41. The SMILES string of the molecule is NC(=S)NCCc1cccc2ccc(O)cc12. The van der Waals surface area contributed by atoms with E-state index in [1.54, 1.807) is 12.1 Å². The van der Waals surface area contributed by atoms with Crippen LogP contribution in [0, 0.1) is 0 Å². The van der Waals surface area contributed by atoms with Crippen LogP contribution in [0.5, 0.6) is 5.75 Å². The second kappa shape index (κ2) is 5.01. The highest BCUT2D eigenvalue weighted by Crippen LogP contribution is 2.23. The van der Waals surface area contributed by atoms with Crippen LogP contribution in [0.4, 0.5) is 0 Å². The summed E-state index contributed by atoms with van der Waals surface area (Å²) in [6, 6.07) is 11.5. The molecule has 0 radical (unpaired) electrons. The van der Waals surface area contributed by atoms with Crippen molar-refractivity contribution in [2.24, 2.45) is 5.73 Å². The molecule has 0 aliphatic heterocycles. The van der Waals surface area contributed by atoms with Crippen LogP contribution < -0.4 is 11.1 Å². The zero-order chi connectivity index (χ0) is 12.3. The molecule has 17 heavy (non-hydrogen) atoms. The highest BCUT2D eigenvalue weighted by molar-refractivity contribution is 7.80. The Morgan fingerprint density at radius 2 is 2.12 bits per heavy atom. The van der Waals surface area contributed by atoms with Gasteiger partial charge in [0.2, 0.25) is 0 Å². The van der Waals surface area contributed by atoms with E-state index in [-0.39, 0.29) is 5.75 Å². The number of nitrogens with two attached hydrogens (primary N) is 1. The lowest BCUT2D eigenvalue weighted by Crippen LogP contribution is -2.30. The molecule has 0 aromatic heterocycles. The number of rotatable bonds is 3. The van der Waals surface area contributed by atoms with Gasteiger partial charge < -0.3 is 16.2 Å². The summed E-state index contributed by atoms with van der Waals surface area (Å²) in [5, 5.41) is 14.9. The number of aromatic hydroxyl groups is 1. The zero-order valence-corrected chi connectivity index (χ0v) is 10.1. The molecule has 0 aliphatic rings. The average Bonchev–Trinajstić information content (AvgIpc) is 2.29. The predicted octanol–water partition coefficient (Wildman–Crippen LogP) is 1.92. The number of hydrogen-bond donors (Lipinski definition) is 3. The van der Waals surface area contributed by atoms with E-state index in [1.165, 1.54) is 5.56 Å². The van der Waals surface area contributed by atoms with Crippen LogP contribution in [0.2, 0.25) is 0 Å². The van der Waals surface area contributed by atoms with Gasteiger partial charge in [-0.3, -0.25) is 0 Å². The van der Waals surface area contributed by atoms with Crippen molar-refractivity contribution in [3.8, 4) is 5.75 Å². The summed E-state index contributed by atoms with van der Waals surface area (Å²) in [6.45, 7) is 0.699. The lowest BCUT2D eigenvalue weighted by Gasteiger charge is -2.08. The van der Waals surface area contributed by atoms with Crippen molar-refractivity contribution in [3.05, 3.63) is 42.0 Å². The quantitative estimate of drug-likeness (QED) is 0.724. The highest BCUT2D eigenvalue weighted by atomic mass is 32.1. The van der Waals surface area contributed by atoms with Crippen LogP contribution in [0.25, 0.3) is 10.8 Å². The molecule has 2 rings (SSSR count). The normalized spacial score (nSPS) is 10.4. The minimum atomic E-state index is 0.284. The Morgan fingerprint density at radius 1 is 1.29 bits per heavy atom. The molecule has 4 N–H and O–H groups in total. The van der Waals surface area contributed by atoms with E-state index in [9.17, 15) is 5.11 Å². The summed E-state index contributed by atoms with van der Waals surface area (Å²) in [5.41, 5.74) is 6.54. The maximum Gasteiger partial charge on any atom is 0.163 e. The fourth-order valence-corrected chi connectivity index (χ4v) is 1.97. The Labute approximate surface area is 105 Å². The Balaban J connectivity index is 2.27. The lowest BCUT2D eigenvalue weighted by atomic mass is 10.0. The van der Waals surface area contributed by atoms with Gasteiger partial charge in [0.1, 0.15) is 5.75 Å². The molecule has 0 amide bonds. The lowest BCUT2D eigenvalue weighted by molar-refractivity contribution is 0.476. The molecule has 0 unspecified atom stereocenters. The molecule has 0 heterocycles. The molecule has 4 heteroatoms. The van der Waals surface area contributed by atoms with Crippen molar-refractivity contribution < 1.29 is 5.11 Å². The van der Waals surface area contributed by atoms with Gasteiger partial charge in [-0.25, -0.2) is 0 Å². The first-order chi connectivity index (χ1) is 8.16. The topological polar surface area (TPSA) is 58.3 Å². The Hall–Kier alpha value is -1.81. The van der Waals surface area contributed by atoms with Gasteiger partial charge in [-0.1, -0.05) is 24.3 Å². The van der Waals surface area contributed by atoms with E-state index in [2.05, 4.69) is 5.32 Å². The largest absolute Gasteiger partial charge is 0.508 e. The second-order valence-electron chi connectivity index (χ2n) is 3.86. The van der Waals surface area contributed by atoms with Crippen molar-refractivity contribution in [2.75, 3.05) is 6.54 Å². The van der Waals surface area contributed by atoms with E-state index in [1.807, 2.05) is 24.3 Å². The Morgan fingerprint density at radius 3 is 2.88 bits per heavy atom. The maximum absolute atomic E-state index is 9.51. The van der Waals surface area contributed by atoms with Crippen LogP contribution in [0.15, 0.2) is 36.4 Å². The van der Waals surface area contributed by atoms with Gasteiger partial charge in [0.15, 0.2) is 5.11 Å². The third-order valence-corrected chi connectivity index (χ3v) is 2.79. The van der Waals surface area contributed by atoms with E-state index in [0.29, 0.717) is 11.7 Å². The summed E-state index contributed by atoms with van der Waals surface area (Å²) in [6.07, 6.45) is 0.818. The van der Waals surface area contributed by atoms with Gasteiger partial charge >= 0.3 is 0 Å². The molecule has 88 valence electrons. The van der Waals surface area contributed by atoms with Crippen LogP contribution in [-0.2, 0) is 6.42 Å². The smallest absolute Gasteiger partial charge is 0.163 e. The van der Waals surface area contributed by atoms with E-state index in [0.717, 1.165) is 17.2 Å². The molecule has 0 saturated carbocycles. The van der Waals surface area contributed by atoms with Crippen molar-refractivity contribution >= 4 is 28.1 Å². The minimum absolute atomic E-state index is 0.284. The fraction of sp³-hybridized carbons (Fsp3) is 0.154. The summed E-state index contributed by atoms with van der Waals surface area (Å²) in [5.74, 6) is 0.284. The van der Waals surface area contributed by atoms with Crippen LogP contribution in [0.1, 0.15) is 5.56 Å². The molecular weight excluding hydrogens is 232 g/mol. The molecule has 0 atom stereocenters. The van der Waals surface area contributed by atoms with Gasteiger partial charge in [0.25, 0.3) is 0 Å². The number of phenols is 1. The third kappa shape index (κ3) is 2.85. The van der Waals surface area contributed by atoms with Crippen LogP contribution >= 0.6 is 12.2 Å². The first kappa shape index (κ1) is 11.7. The third-order valence-electron chi connectivity index (χ3n) is 2.65. The zero-order valence-electron chi connectivity index (χ0n) is 9.31. The summed E-state index contributed by atoms with van der Waals surface area (Å²) in [7, 11) is 0. The fourth-order valence-electron chi connectivity index (χ4n) is 1.86. The first-order valence-corrected chi connectivity index (χ1v) is 5.81. The van der Waals surface area contributed by atoms with E-state index in [4.69, 9.17) is 18.0 Å². The van der Waals surface area contributed by atoms with E-state index < -0.39 is 0 Å².